The smallest absolute Gasteiger partial charge is 0.228 e. The maximum absolute atomic E-state index is 13.4. The fraction of sp³-hybridized carbons (Fsp3) is 0.308. The number of anilines is 1. The summed E-state index contributed by atoms with van der Waals surface area (Å²) in [4.78, 5) is 24.8. The van der Waals surface area contributed by atoms with E-state index >= 15 is 0 Å². The lowest BCUT2D eigenvalue weighted by Gasteiger charge is -2.36. The average molecular weight is 456 g/mol. The van der Waals surface area contributed by atoms with Gasteiger partial charge in [-0.05, 0) is 41.8 Å². The van der Waals surface area contributed by atoms with E-state index in [4.69, 9.17) is 14.1 Å². The van der Waals surface area contributed by atoms with Crippen molar-refractivity contribution in [1.29, 1.82) is 0 Å². The molecule has 0 N–H and O–H groups in total. The number of carbonyl (C=O) groups excluding carboxylic acids is 1. The minimum absolute atomic E-state index is 0.0688. The second-order valence-electron chi connectivity index (χ2n) is 9.94. The fourth-order valence-corrected chi connectivity index (χ4v) is 4.92. The van der Waals surface area contributed by atoms with Crippen molar-refractivity contribution in [2.24, 2.45) is 5.41 Å². The summed E-state index contributed by atoms with van der Waals surface area (Å²) in [6.07, 6.45) is 4.35. The molecule has 4 heterocycles. The highest BCUT2D eigenvalue weighted by atomic mass is 16.5. The maximum Gasteiger partial charge on any atom is 0.228 e. The third-order valence-corrected chi connectivity index (χ3v) is 6.53. The number of Topliss-reactive ketones (excluding diaryl/α,β-unsaturated/α-hetero) is 1. The van der Waals surface area contributed by atoms with E-state index in [-0.39, 0.29) is 11.2 Å². The number of hydrogen-bond donors (Lipinski definition) is 0. The van der Waals surface area contributed by atoms with Gasteiger partial charge >= 0.3 is 0 Å². The van der Waals surface area contributed by atoms with Gasteiger partial charge in [0.1, 0.15) is 17.8 Å². The molecule has 0 saturated heterocycles. The third-order valence-electron chi connectivity index (χ3n) is 6.53. The molecule has 6 rings (SSSR count). The molecule has 3 aromatic heterocycles. The summed E-state index contributed by atoms with van der Waals surface area (Å²) in [5.74, 6) is 1.99. The van der Waals surface area contributed by atoms with Crippen LogP contribution in [0.4, 0.5) is 5.69 Å². The van der Waals surface area contributed by atoms with E-state index in [1.165, 1.54) is 0 Å². The van der Waals surface area contributed by atoms with Crippen LogP contribution < -0.4 is 9.64 Å². The third kappa shape index (κ3) is 3.21. The van der Waals surface area contributed by atoms with Gasteiger partial charge in [-0.1, -0.05) is 13.8 Å². The number of allylic oxidation sites excluding steroid dienone is 2. The molecule has 0 bridgehead atoms. The average Bonchev–Trinajstić information content (AvgIpc) is 3.47. The highest BCUT2D eigenvalue weighted by Gasteiger charge is 2.45. The van der Waals surface area contributed by atoms with Gasteiger partial charge in [-0.25, -0.2) is 14.5 Å². The number of furan rings is 1. The molecule has 0 spiro atoms. The van der Waals surface area contributed by atoms with Crippen molar-refractivity contribution in [3.63, 3.8) is 0 Å². The Morgan fingerprint density at radius 3 is 2.62 bits per heavy atom. The van der Waals surface area contributed by atoms with Gasteiger partial charge in [0, 0.05) is 43.8 Å². The summed E-state index contributed by atoms with van der Waals surface area (Å²) in [6, 6.07) is 11.8. The van der Waals surface area contributed by atoms with Gasteiger partial charge in [0.25, 0.3) is 0 Å². The molecule has 2 aliphatic rings. The molecule has 1 aliphatic carbocycles. The molecular weight excluding hydrogens is 430 g/mol. The Morgan fingerprint density at radius 2 is 1.91 bits per heavy atom. The van der Waals surface area contributed by atoms with Crippen LogP contribution in [0.1, 0.15) is 43.9 Å². The first-order valence-electron chi connectivity index (χ1n) is 11.3. The number of benzene rings is 1. The van der Waals surface area contributed by atoms with Gasteiger partial charge in [-0.15, -0.1) is 5.10 Å². The van der Waals surface area contributed by atoms with E-state index in [1.807, 2.05) is 55.4 Å². The van der Waals surface area contributed by atoms with Gasteiger partial charge in [-0.2, -0.15) is 0 Å². The second kappa shape index (κ2) is 7.28. The summed E-state index contributed by atoms with van der Waals surface area (Å²) in [6.45, 7) is 4.16. The lowest BCUT2D eigenvalue weighted by Crippen LogP contribution is -2.33. The van der Waals surface area contributed by atoms with Crippen LogP contribution in [-0.2, 0) is 4.79 Å². The van der Waals surface area contributed by atoms with Crippen LogP contribution in [0.5, 0.6) is 5.88 Å². The number of ether oxygens (including phenoxy) is 1. The number of ketones is 1. The fourth-order valence-electron chi connectivity index (χ4n) is 4.92. The van der Waals surface area contributed by atoms with E-state index < -0.39 is 5.92 Å². The lowest BCUT2D eigenvalue weighted by molar-refractivity contribution is -0.118. The van der Waals surface area contributed by atoms with Gasteiger partial charge < -0.3 is 14.1 Å². The SMILES string of the molecule is CN(C)c1ccc(-c2nc3c4c(ncn3n2)OC2=C(C(=O)CC(C)(C)C2)C4c2ccco2)cc1. The van der Waals surface area contributed by atoms with Crippen molar-refractivity contribution in [3.05, 3.63) is 71.6 Å². The highest BCUT2D eigenvalue weighted by Crippen LogP contribution is 2.50. The number of aromatic nitrogens is 4. The predicted molar refractivity (Wildman–Crippen MR) is 127 cm³/mol. The van der Waals surface area contributed by atoms with Crippen LogP contribution >= 0.6 is 0 Å². The van der Waals surface area contributed by atoms with Crippen molar-refractivity contribution >= 4 is 17.1 Å². The van der Waals surface area contributed by atoms with Crippen molar-refractivity contribution in [2.45, 2.75) is 32.6 Å². The zero-order chi connectivity index (χ0) is 23.6. The normalized spacial score (nSPS) is 19.1. The van der Waals surface area contributed by atoms with Crippen LogP contribution in [0.15, 0.2) is 64.7 Å². The summed E-state index contributed by atoms with van der Waals surface area (Å²) < 4.78 is 13.7. The second-order valence-corrected chi connectivity index (χ2v) is 9.94. The monoisotopic (exact) mass is 455 g/mol. The minimum atomic E-state index is -0.443. The molecule has 0 fully saturated rings. The molecule has 1 unspecified atom stereocenters. The Balaban J connectivity index is 1.53. The van der Waals surface area contributed by atoms with Gasteiger partial charge in [0.05, 0.1) is 17.7 Å². The zero-order valence-electron chi connectivity index (χ0n) is 19.6. The molecule has 0 radical (unpaired) electrons. The molecular formula is C26H25N5O3. The van der Waals surface area contributed by atoms with Gasteiger partial charge in [0.15, 0.2) is 17.3 Å². The zero-order valence-corrected chi connectivity index (χ0v) is 19.6. The molecule has 172 valence electrons. The van der Waals surface area contributed by atoms with E-state index in [1.54, 1.807) is 17.1 Å². The van der Waals surface area contributed by atoms with E-state index in [2.05, 4.69) is 23.9 Å². The summed E-state index contributed by atoms with van der Waals surface area (Å²) in [5.41, 5.74) is 3.75. The minimum Gasteiger partial charge on any atom is -0.468 e. The van der Waals surface area contributed by atoms with E-state index in [9.17, 15) is 4.79 Å². The van der Waals surface area contributed by atoms with Crippen molar-refractivity contribution in [3.8, 4) is 17.3 Å². The summed E-state index contributed by atoms with van der Waals surface area (Å²) in [7, 11) is 4.00. The Labute approximate surface area is 196 Å². The number of nitrogens with zero attached hydrogens (tertiary/aromatic N) is 5. The molecule has 1 atom stereocenters. The van der Waals surface area contributed by atoms with Crippen molar-refractivity contribution < 1.29 is 13.9 Å². The molecule has 8 nitrogen and oxygen atoms in total. The molecule has 4 aromatic rings. The van der Waals surface area contributed by atoms with Gasteiger partial charge in [0.2, 0.25) is 5.88 Å². The van der Waals surface area contributed by atoms with Gasteiger partial charge in [-0.3, -0.25) is 4.79 Å². The first kappa shape index (κ1) is 20.7. The lowest BCUT2D eigenvalue weighted by atomic mass is 9.71. The molecule has 0 amide bonds. The molecule has 8 heteroatoms. The number of fused-ring (bicyclic) bond motifs is 3. The summed E-state index contributed by atoms with van der Waals surface area (Å²) in [5, 5.41) is 4.67. The van der Waals surface area contributed by atoms with Crippen LogP contribution in [0, 0.1) is 5.41 Å². The van der Waals surface area contributed by atoms with Crippen molar-refractivity contribution in [1.82, 2.24) is 19.6 Å². The molecule has 1 aliphatic heterocycles. The first-order valence-corrected chi connectivity index (χ1v) is 11.3. The summed E-state index contributed by atoms with van der Waals surface area (Å²) >= 11 is 0. The Hall–Kier alpha value is -3.94. The predicted octanol–water partition coefficient (Wildman–Crippen LogP) is 4.62. The molecule has 34 heavy (non-hydrogen) atoms. The molecule has 1 aromatic carbocycles. The molecule has 0 saturated carbocycles. The first-order chi connectivity index (χ1) is 16.3. The Kier molecular flexibility index (Phi) is 4.42. The van der Waals surface area contributed by atoms with Crippen LogP contribution in [0.2, 0.25) is 0 Å². The number of rotatable bonds is 3. The van der Waals surface area contributed by atoms with Crippen molar-refractivity contribution in [2.75, 3.05) is 19.0 Å². The van der Waals surface area contributed by atoms with Crippen LogP contribution in [0.25, 0.3) is 17.0 Å². The quantitative estimate of drug-likeness (QED) is 0.446. The van der Waals surface area contributed by atoms with Crippen LogP contribution in [0.3, 0.4) is 0 Å². The van der Waals surface area contributed by atoms with Crippen LogP contribution in [-0.4, -0.2) is 39.5 Å². The number of hydrogen-bond acceptors (Lipinski definition) is 7. The Morgan fingerprint density at radius 1 is 1.12 bits per heavy atom. The largest absolute Gasteiger partial charge is 0.468 e. The standard InChI is InChI=1S/C26H25N5O3/c1-26(2)12-17(32)20-19(13-26)34-25-22(21(20)18-6-5-11-33-18)24-28-23(29-31(24)14-27-25)15-7-9-16(10-8-15)30(3)4/h5-11,14,21H,12-13H2,1-4H3. The van der Waals surface area contributed by atoms with E-state index in [0.717, 1.165) is 11.3 Å². The number of carbonyl (C=O) groups is 1. The van der Waals surface area contributed by atoms with E-state index in [0.29, 0.717) is 52.8 Å². The Bertz CT molecular complexity index is 1450. The topological polar surface area (TPSA) is 85.8 Å². The maximum atomic E-state index is 13.4. The highest BCUT2D eigenvalue weighted by molar-refractivity contribution is 6.00.